The molecule has 2 aliphatic rings. The van der Waals surface area contributed by atoms with Gasteiger partial charge >= 0.3 is 0 Å². The Labute approximate surface area is 222 Å². The van der Waals surface area contributed by atoms with Crippen molar-refractivity contribution in [2.24, 2.45) is 0 Å². The molecular formula is C31H33FN2O4. The molecule has 0 aromatic heterocycles. The summed E-state index contributed by atoms with van der Waals surface area (Å²) in [6.07, 6.45) is 5.24. The first-order valence-corrected chi connectivity index (χ1v) is 13.3. The van der Waals surface area contributed by atoms with Crippen LogP contribution in [-0.2, 0) is 29.0 Å². The van der Waals surface area contributed by atoms with Crippen LogP contribution in [0.15, 0.2) is 72.8 Å². The van der Waals surface area contributed by atoms with E-state index in [1.807, 2.05) is 48.5 Å². The average Bonchev–Trinajstić information content (AvgIpc) is 3.62. The summed E-state index contributed by atoms with van der Waals surface area (Å²) in [5.41, 5.74) is 2.71. The lowest BCUT2D eigenvalue weighted by atomic mass is 10.0. The van der Waals surface area contributed by atoms with Gasteiger partial charge in [0, 0.05) is 25.4 Å². The molecule has 5 rings (SSSR count). The van der Waals surface area contributed by atoms with Crippen molar-refractivity contribution >= 4 is 11.8 Å². The molecule has 1 aliphatic carbocycles. The Balaban J connectivity index is 1.39. The number of benzene rings is 3. The van der Waals surface area contributed by atoms with E-state index in [9.17, 15) is 14.0 Å². The largest absolute Gasteiger partial charge is 0.454 e. The van der Waals surface area contributed by atoms with Crippen LogP contribution >= 0.6 is 0 Å². The van der Waals surface area contributed by atoms with Crippen molar-refractivity contribution < 1.29 is 23.5 Å². The normalized spacial score (nSPS) is 15.3. The third-order valence-corrected chi connectivity index (χ3v) is 7.30. The molecule has 1 aliphatic heterocycles. The number of amides is 2. The fourth-order valence-corrected chi connectivity index (χ4v) is 5.20. The lowest BCUT2D eigenvalue weighted by Crippen LogP contribution is -2.52. The van der Waals surface area contributed by atoms with Gasteiger partial charge in [-0.1, -0.05) is 61.4 Å². The van der Waals surface area contributed by atoms with E-state index in [2.05, 4.69) is 5.32 Å². The van der Waals surface area contributed by atoms with Crippen LogP contribution in [0.5, 0.6) is 11.5 Å². The molecule has 1 heterocycles. The standard InChI is InChI=1S/C31H33FN2O4/c32-25-14-10-24(11-15-25)20-34(30(35)17-13-23-12-16-28-29(19-23)38-21-37-28)27(18-22-6-2-1-3-7-22)31(36)33-26-8-4-5-9-26/h1-3,6-7,10-12,14-16,19,26-27H,4-5,8-9,13,17-18,20-21H2,(H,33,36)/t27-/m1/s1. The van der Waals surface area contributed by atoms with Crippen molar-refractivity contribution in [3.8, 4) is 11.5 Å². The van der Waals surface area contributed by atoms with Gasteiger partial charge in [0.2, 0.25) is 18.6 Å². The monoisotopic (exact) mass is 516 g/mol. The molecule has 0 spiro atoms. The zero-order valence-corrected chi connectivity index (χ0v) is 21.4. The van der Waals surface area contributed by atoms with E-state index in [-0.39, 0.29) is 43.4 Å². The Hall–Kier alpha value is -3.87. The van der Waals surface area contributed by atoms with Gasteiger partial charge in [0.1, 0.15) is 11.9 Å². The fourth-order valence-electron chi connectivity index (χ4n) is 5.20. The number of fused-ring (bicyclic) bond motifs is 1. The van der Waals surface area contributed by atoms with Gasteiger partial charge in [0.15, 0.2) is 11.5 Å². The van der Waals surface area contributed by atoms with E-state index in [0.717, 1.165) is 42.4 Å². The second kappa shape index (κ2) is 12.1. The SMILES string of the molecule is O=C(NC1CCCC1)[C@@H](Cc1ccccc1)N(Cc1ccc(F)cc1)C(=O)CCc1ccc2c(c1)OCO2. The lowest BCUT2D eigenvalue weighted by molar-refractivity contribution is -0.141. The zero-order chi connectivity index (χ0) is 26.3. The van der Waals surface area contributed by atoms with Crippen molar-refractivity contribution in [2.75, 3.05) is 6.79 Å². The van der Waals surface area contributed by atoms with Crippen LogP contribution in [0.25, 0.3) is 0 Å². The summed E-state index contributed by atoms with van der Waals surface area (Å²) in [7, 11) is 0. The third kappa shape index (κ3) is 6.52. The molecule has 0 radical (unpaired) electrons. The molecule has 0 bridgehead atoms. The van der Waals surface area contributed by atoms with Gasteiger partial charge < -0.3 is 19.7 Å². The predicted octanol–water partition coefficient (Wildman–Crippen LogP) is 5.19. The molecule has 6 nitrogen and oxygen atoms in total. The highest BCUT2D eigenvalue weighted by Gasteiger charge is 2.32. The number of halogens is 1. The third-order valence-electron chi connectivity index (χ3n) is 7.30. The summed E-state index contributed by atoms with van der Waals surface area (Å²) in [6, 6.07) is 21.0. The number of nitrogens with one attached hydrogen (secondary N) is 1. The van der Waals surface area contributed by atoms with Crippen LogP contribution in [0.2, 0.25) is 0 Å². The minimum absolute atomic E-state index is 0.130. The summed E-state index contributed by atoms with van der Waals surface area (Å²) >= 11 is 0. The zero-order valence-electron chi connectivity index (χ0n) is 21.4. The maximum atomic E-state index is 13.8. The molecule has 3 aromatic carbocycles. The van der Waals surface area contributed by atoms with Crippen LogP contribution in [0, 0.1) is 5.82 Å². The minimum atomic E-state index is -0.688. The van der Waals surface area contributed by atoms with Crippen molar-refractivity contribution in [3.05, 3.63) is 95.3 Å². The summed E-state index contributed by atoms with van der Waals surface area (Å²) < 4.78 is 24.5. The Morgan fingerprint density at radius 1 is 0.895 bits per heavy atom. The minimum Gasteiger partial charge on any atom is -0.454 e. The number of hydrogen-bond donors (Lipinski definition) is 1. The maximum absolute atomic E-state index is 13.8. The molecule has 1 fully saturated rings. The Bertz CT molecular complexity index is 1240. The number of carbonyl (C=O) groups excluding carboxylic acids is 2. The molecule has 38 heavy (non-hydrogen) atoms. The van der Waals surface area contributed by atoms with Gasteiger partial charge in [0.25, 0.3) is 0 Å². The summed E-state index contributed by atoms with van der Waals surface area (Å²) in [6.45, 7) is 0.413. The van der Waals surface area contributed by atoms with Gasteiger partial charge in [-0.05, 0) is 60.2 Å². The number of hydrogen-bond acceptors (Lipinski definition) is 4. The topological polar surface area (TPSA) is 67.9 Å². The highest BCUT2D eigenvalue weighted by molar-refractivity contribution is 5.88. The van der Waals surface area contributed by atoms with E-state index in [4.69, 9.17) is 9.47 Å². The van der Waals surface area contributed by atoms with E-state index in [1.165, 1.54) is 12.1 Å². The van der Waals surface area contributed by atoms with Crippen LogP contribution < -0.4 is 14.8 Å². The second-order valence-corrected chi connectivity index (χ2v) is 10.0. The quantitative estimate of drug-likeness (QED) is 0.403. The summed E-state index contributed by atoms with van der Waals surface area (Å²) in [4.78, 5) is 29.2. The molecule has 1 N–H and O–H groups in total. The van der Waals surface area contributed by atoms with E-state index in [1.54, 1.807) is 17.0 Å². The Kier molecular flexibility index (Phi) is 8.22. The van der Waals surface area contributed by atoms with Crippen molar-refractivity contribution in [1.29, 1.82) is 0 Å². The number of ether oxygens (including phenoxy) is 2. The number of nitrogens with zero attached hydrogens (tertiary/aromatic N) is 1. The van der Waals surface area contributed by atoms with E-state index < -0.39 is 6.04 Å². The van der Waals surface area contributed by atoms with Crippen LogP contribution in [0.3, 0.4) is 0 Å². The first-order valence-electron chi connectivity index (χ1n) is 13.3. The highest BCUT2D eigenvalue weighted by atomic mass is 19.1. The molecule has 0 saturated heterocycles. The van der Waals surface area contributed by atoms with Crippen molar-refractivity contribution in [2.45, 2.75) is 63.6 Å². The number of carbonyl (C=O) groups is 2. The van der Waals surface area contributed by atoms with Gasteiger partial charge in [-0.25, -0.2) is 4.39 Å². The molecule has 2 amide bonds. The van der Waals surface area contributed by atoms with E-state index >= 15 is 0 Å². The number of aryl methyl sites for hydroxylation is 1. The van der Waals surface area contributed by atoms with E-state index in [0.29, 0.717) is 24.3 Å². The average molecular weight is 517 g/mol. The van der Waals surface area contributed by atoms with Crippen LogP contribution in [0.4, 0.5) is 4.39 Å². The summed E-state index contributed by atoms with van der Waals surface area (Å²) in [5, 5.41) is 3.21. The first-order chi connectivity index (χ1) is 18.5. The second-order valence-electron chi connectivity index (χ2n) is 10.0. The Morgan fingerprint density at radius 2 is 1.61 bits per heavy atom. The molecule has 198 valence electrons. The lowest BCUT2D eigenvalue weighted by Gasteiger charge is -2.32. The molecule has 7 heteroatoms. The molecule has 1 saturated carbocycles. The molecule has 3 aromatic rings. The Morgan fingerprint density at radius 3 is 2.37 bits per heavy atom. The van der Waals surface area contributed by atoms with Gasteiger partial charge in [-0.15, -0.1) is 0 Å². The first kappa shape index (κ1) is 25.8. The van der Waals surface area contributed by atoms with Gasteiger partial charge in [-0.2, -0.15) is 0 Å². The maximum Gasteiger partial charge on any atom is 0.243 e. The highest BCUT2D eigenvalue weighted by Crippen LogP contribution is 2.33. The van der Waals surface area contributed by atoms with Crippen molar-refractivity contribution in [3.63, 3.8) is 0 Å². The molecule has 1 atom stereocenters. The fraction of sp³-hybridized carbons (Fsp3) is 0.355. The molecular weight excluding hydrogens is 483 g/mol. The predicted molar refractivity (Wildman–Crippen MR) is 142 cm³/mol. The van der Waals surface area contributed by atoms with Gasteiger partial charge in [-0.3, -0.25) is 9.59 Å². The summed E-state index contributed by atoms with van der Waals surface area (Å²) in [5.74, 6) is 0.767. The van der Waals surface area contributed by atoms with Crippen LogP contribution in [0.1, 0.15) is 48.8 Å². The smallest absolute Gasteiger partial charge is 0.243 e. The van der Waals surface area contributed by atoms with Crippen LogP contribution in [-0.4, -0.2) is 35.6 Å². The van der Waals surface area contributed by atoms with Crippen molar-refractivity contribution in [1.82, 2.24) is 10.2 Å². The number of rotatable bonds is 10. The van der Waals surface area contributed by atoms with Gasteiger partial charge in [0.05, 0.1) is 0 Å². The molecule has 0 unspecified atom stereocenters.